The van der Waals surface area contributed by atoms with Crippen LogP contribution in [-0.4, -0.2) is 30.3 Å². The molecule has 2 unspecified atom stereocenters. The van der Waals surface area contributed by atoms with Crippen molar-refractivity contribution in [3.05, 3.63) is 24.3 Å². The smallest absolute Gasteiger partial charge is 0.117 e. The Morgan fingerprint density at radius 1 is 1.29 bits per heavy atom. The van der Waals surface area contributed by atoms with Crippen LogP contribution in [0.5, 0.6) is 5.75 Å². The number of piperazine rings is 1. The Morgan fingerprint density at radius 3 is 2.64 bits per heavy atom. The molecule has 2 N–H and O–H groups in total. The van der Waals surface area contributed by atoms with Gasteiger partial charge in [0.15, 0.2) is 0 Å². The zero-order valence-electron chi connectivity index (χ0n) is 7.98. The van der Waals surface area contributed by atoms with E-state index in [2.05, 4.69) is 16.3 Å². The molecule has 0 aliphatic carbocycles. The molecule has 1 aromatic rings. The second kappa shape index (κ2) is 2.89. The van der Waals surface area contributed by atoms with Crippen LogP contribution in [0.4, 0.5) is 5.69 Å². The molecule has 0 radical (unpaired) electrons. The molecule has 2 bridgehead atoms. The number of nitrogens with zero attached hydrogens (tertiary/aromatic N) is 1. The fourth-order valence-corrected chi connectivity index (χ4v) is 2.41. The average molecular weight is 190 g/mol. The van der Waals surface area contributed by atoms with Gasteiger partial charge in [0.2, 0.25) is 0 Å². The van der Waals surface area contributed by atoms with Gasteiger partial charge in [-0.15, -0.1) is 0 Å². The van der Waals surface area contributed by atoms with Crippen LogP contribution in [0.1, 0.15) is 6.42 Å². The Balaban J connectivity index is 1.82. The van der Waals surface area contributed by atoms with Crippen LogP contribution in [0.25, 0.3) is 0 Å². The first-order chi connectivity index (χ1) is 6.81. The summed E-state index contributed by atoms with van der Waals surface area (Å²) in [5.74, 6) is 0.356. The van der Waals surface area contributed by atoms with Crippen LogP contribution in [0.15, 0.2) is 24.3 Å². The molecule has 0 aromatic heterocycles. The molecule has 4 rings (SSSR count). The zero-order valence-corrected chi connectivity index (χ0v) is 7.98. The minimum atomic E-state index is 0.356. The quantitative estimate of drug-likeness (QED) is 0.692. The highest BCUT2D eigenvalue weighted by atomic mass is 16.3. The molecule has 0 amide bonds. The van der Waals surface area contributed by atoms with Crippen molar-refractivity contribution in [3.63, 3.8) is 0 Å². The van der Waals surface area contributed by atoms with E-state index in [0.717, 1.165) is 18.8 Å². The van der Waals surface area contributed by atoms with E-state index >= 15 is 0 Å². The fraction of sp³-hybridized carbons (Fsp3) is 0.455. The van der Waals surface area contributed by atoms with Crippen LogP contribution in [-0.2, 0) is 0 Å². The largest absolute Gasteiger partial charge is 0.508 e. The molecule has 0 saturated carbocycles. The summed E-state index contributed by atoms with van der Waals surface area (Å²) < 4.78 is 0. The highest BCUT2D eigenvalue weighted by molar-refractivity contribution is 5.51. The van der Waals surface area contributed by atoms with E-state index in [4.69, 9.17) is 0 Å². The first kappa shape index (κ1) is 8.12. The van der Waals surface area contributed by atoms with Crippen LogP contribution in [0, 0.1) is 0 Å². The Bertz CT molecular complexity index is 337. The second-order valence-corrected chi connectivity index (χ2v) is 4.22. The molecular weight excluding hydrogens is 176 g/mol. The van der Waals surface area contributed by atoms with Crippen molar-refractivity contribution < 1.29 is 5.11 Å². The van der Waals surface area contributed by atoms with Crippen molar-refractivity contribution in [2.45, 2.75) is 18.5 Å². The summed E-state index contributed by atoms with van der Waals surface area (Å²) in [4.78, 5) is 2.34. The van der Waals surface area contributed by atoms with Crippen LogP contribution in [0.2, 0.25) is 0 Å². The minimum Gasteiger partial charge on any atom is -0.508 e. The molecule has 2 atom stereocenters. The fourth-order valence-electron chi connectivity index (χ4n) is 2.41. The summed E-state index contributed by atoms with van der Waals surface area (Å²) in [5.41, 5.74) is 1.14. The number of rotatable bonds is 1. The first-order valence-electron chi connectivity index (χ1n) is 5.11. The summed E-state index contributed by atoms with van der Waals surface area (Å²) in [7, 11) is 0. The standard InChI is InChI=1S/C11H14N2O/c14-11-3-1-2-10(5-11)13-6-8-4-9(7-13)12-8/h1-3,5,8-9,12,14H,4,6-7H2. The number of fused-ring (bicyclic) bond motifs is 2. The monoisotopic (exact) mass is 190 g/mol. The van der Waals surface area contributed by atoms with E-state index in [-0.39, 0.29) is 0 Å². The topological polar surface area (TPSA) is 35.5 Å². The Morgan fingerprint density at radius 2 is 2.00 bits per heavy atom. The molecule has 1 aromatic carbocycles. The lowest BCUT2D eigenvalue weighted by Gasteiger charge is -2.49. The van der Waals surface area contributed by atoms with Gasteiger partial charge in [0, 0.05) is 36.9 Å². The molecular formula is C11H14N2O. The van der Waals surface area contributed by atoms with Crippen LogP contribution in [0.3, 0.4) is 0 Å². The molecule has 3 aliphatic heterocycles. The molecule has 0 spiro atoms. The molecule has 3 saturated heterocycles. The van der Waals surface area contributed by atoms with Crippen LogP contribution < -0.4 is 10.2 Å². The Hall–Kier alpha value is -1.22. The molecule has 3 aliphatic rings. The van der Waals surface area contributed by atoms with Crippen molar-refractivity contribution in [3.8, 4) is 5.75 Å². The molecule has 3 nitrogen and oxygen atoms in total. The number of nitrogens with one attached hydrogen (secondary N) is 1. The van der Waals surface area contributed by atoms with Gasteiger partial charge in [-0.05, 0) is 18.6 Å². The SMILES string of the molecule is Oc1cccc(N2CC3CC(C2)N3)c1. The van der Waals surface area contributed by atoms with E-state index < -0.39 is 0 Å². The lowest BCUT2D eigenvalue weighted by Crippen LogP contribution is -2.67. The van der Waals surface area contributed by atoms with Gasteiger partial charge in [-0.2, -0.15) is 0 Å². The number of hydrogen-bond acceptors (Lipinski definition) is 3. The van der Waals surface area contributed by atoms with Crippen molar-refractivity contribution >= 4 is 5.69 Å². The summed E-state index contributed by atoms with van der Waals surface area (Å²) in [6, 6.07) is 8.84. The Kier molecular flexibility index (Phi) is 1.67. The maximum atomic E-state index is 9.38. The maximum Gasteiger partial charge on any atom is 0.117 e. The van der Waals surface area contributed by atoms with Gasteiger partial charge >= 0.3 is 0 Å². The number of piperidine rings is 1. The van der Waals surface area contributed by atoms with Crippen molar-refractivity contribution in [2.24, 2.45) is 0 Å². The van der Waals surface area contributed by atoms with E-state index in [0.29, 0.717) is 17.8 Å². The van der Waals surface area contributed by atoms with Crippen molar-refractivity contribution in [1.29, 1.82) is 0 Å². The highest BCUT2D eigenvalue weighted by Gasteiger charge is 2.36. The number of benzene rings is 1. The van der Waals surface area contributed by atoms with Gasteiger partial charge in [-0.25, -0.2) is 0 Å². The number of phenols is 1. The van der Waals surface area contributed by atoms with E-state index in [1.165, 1.54) is 6.42 Å². The van der Waals surface area contributed by atoms with Crippen LogP contribution >= 0.6 is 0 Å². The van der Waals surface area contributed by atoms with Gasteiger partial charge < -0.3 is 15.3 Å². The van der Waals surface area contributed by atoms with Crippen molar-refractivity contribution in [1.82, 2.24) is 5.32 Å². The van der Waals surface area contributed by atoms with E-state index in [9.17, 15) is 5.11 Å². The highest BCUT2D eigenvalue weighted by Crippen LogP contribution is 2.27. The Labute approximate surface area is 83.3 Å². The number of phenolic OH excluding ortho intramolecular Hbond substituents is 1. The molecule has 3 heterocycles. The van der Waals surface area contributed by atoms with Crippen molar-refractivity contribution in [2.75, 3.05) is 18.0 Å². The van der Waals surface area contributed by atoms with Gasteiger partial charge in [-0.1, -0.05) is 6.07 Å². The van der Waals surface area contributed by atoms with Gasteiger partial charge in [0.05, 0.1) is 0 Å². The lowest BCUT2D eigenvalue weighted by molar-refractivity contribution is 0.226. The average Bonchev–Trinajstić information content (AvgIpc) is 2.17. The summed E-state index contributed by atoms with van der Waals surface area (Å²) >= 11 is 0. The minimum absolute atomic E-state index is 0.356. The molecule has 3 fully saturated rings. The zero-order chi connectivity index (χ0) is 9.54. The molecule has 74 valence electrons. The summed E-state index contributed by atoms with van der Waals surface area (Å²) in [6.45, 7) is 2.14. The number of anilines is 1. The second-order valence-electron chi connectivity index (χ2n) is 4.22. The summed E-state index contributed by atoms with van der Waals surface area (Å²) in [5, 5.41) is 12.9. The van der Waals surface area contributed by atoms with Gasteiger partial charge in [0.25, 0.3) is 0 Å². The summed E-state index contributed by atoms with van der Waals surface area (Å²) in [6.07, 6.45) is 1.31. The predicted molar refractivity (Wildman–Crippen MR) is 55.6 cm³/mol. The maximum absolute atomic E-state index is 9.38. The number of hydrogen-bond donors (Lipinski definition) is 2. The van der Waals surface area contributed by atoms with E-state index in [1.807, 2.05) is 12.1 Å². The van der Waals surface area contributed by atoms with E-state index in [1.54, 1.807) is 6.07 Å². The normalized spacial score (nSPS) is 29.9. The molecule has 3 heteroatoms. The lowest BCUT2D eigenvalue weighted by atomic mass is 9.91. The third-order valence-electron chi connectivity index (χ3n) is 3.12. The predicted octanol–water partition coefficient (Wildman–Crippen LogP) is 0.943. The first-order valence-corrected chi connectivity index (χ1v) is 5.11. The third-order valence-corrected chi connectivity index (χ3v) is 3.12. The van der Waals surface area contributed by atoms with Gasteiger partial charge in [-0.3, -0.25) is 0 Å². The third kappa shape index (κ3) is 1.24. The van der Waals surface area contributed by atoms with Gasteiger partial charge in [0.1, 0.15) is 5.75 Å². The molecule has 14 heavy (non-hydrogen) atoms. The number of aromatic hydroxyl groups is 1.